The van der Waals surface area contributed by atoms with Crippen LogP contribution < -0.4 is 5.73 Å². The molecule has 0 aliphatic carbocycles. The quantitative estimate of drug-likeness (QED) is 0.706. The van der Waals surface area contributed by atoms with Gasteiger partial charge in [0.2, 0.25) is 0 Å². The maximum atomic E-state index is 14.7. The summed E-state index contributed by atoms with van der Waals surface area (Å²) in [4.78, 5) is 3.85. The van der Waals surface area contributed by atoms with E-state index >= 15 is 0 Å². The summed E-state index contributed by atoms with van der Waals surface area (Å²) in [5.74, 6) is 0.268. The molecule has 0 saturated carbocycles. The van der Waals surface area contributed by atoms with E-state index in [-0.39, 0.29) is 5.82 Å². The summed E-state index contributed by atoms with van der Waals surface area (Å²) in [6, 6.07) is 3.28. The zero-order valence-corrected chi connectivity index (χ0v) is 10.8. The first kappa shape index (κ1) is 13.2. The number of hydrogen-bond donors (Lipinski definition) is 3. The van der Waals surface area contributed by atoms with E-state index in [0.29, 0.717) is 11.2 Å². The summed E-state index contributed by atoms with van der Waals surface area (Å²) in [5.41, 5.74) is 4.62. The van der Waals surface area contributed by atoms with Gasteiger partial charge in [-0.25, -0.2) is 13.9 Å². The Hall–Kier alpha value is -1.77. The summed E-state index contributed by atoms with van der Waals surface area (Å²) >= 11 is 0. The van der Waals surface area contributed by atoms with Crippen LogP contribution in [0.3, 0.4) is 0 Å². The number of aromatic nitrogens is 3. The van der Waals surface area contributed by atoms with Crippen LogP contribution in [0.1, 0.15) is 18.7 Å². The molecule has 4 N–H and O–H groups in total. The fourth-order valence-corrected chi connectivity index (χ4v) is 2.57. The van der Waals surface area contributed by atoms with Gasteiger partial charge in [0.05, 0.1) is 12.3 Å². The standard InChI is InChI=1S/C12H15FN4O3/c1-12(13)9(19)8(4-18)20-10(12)6-2-3-7-11(14)15-5-16-17(6)7/h2-3,5,8-10,18-19H,4H2,1H3,(H2,14,15,16). The highest BCUT2D eigenvalue weighted by Gasteiger charge is 2.55. The lowest BCUT2D eigenvalue weighted by Gasteiger charge is -2.23. The van der Waals surface area contributed by atoms with Gasteiger partial charge in [0.1, 0.15) is 30.2 Å². The van der Waals surface area contributed by atoms with E-state index in [2.05, 4.69) is 10.1 Å². The molecule has 1 aliphatic heterocycles. The van der Waals surface area contributed by atoms with E-state index in [1.54, 1.807) is 12.1 Å². The van der Waals surface area contributed by atoms with Crippen LogP contribution >= 0.6 is 0 Å². The van der Waals surface area contributed by atoms with Crippen molar-refractivity contribution >= 4 is 11.3 Å². The van der Waals surface area contributed by atoms with Gasteiger partial charge in [-0.2, -0.15) is 5.10 Å². The Balaban J connectivity index is 2.10. The third kappa shape index (κ3) is 1.69. The van der Waals surface area contributed by atoms with Crippen LogP contribution in [0, 0.1) is 0 Å². The molecule has 0 amide bonds. The maximum absolute atomic E-state index is 14.7. The largest absolute Gasteiger partial charge is 0.394 e. The zero-order chi connectivity index (χ0) is 14.5. The lowest BCUT2D eigenvalue weighted by molar-refractivity contribution is -0.0248. The van der Waals surface area contributed by atoms with Crippen LogP contribution in [-0.2, 0) is 4.74 Å². The monoisotopic (exact) mass is 282 g/mol. The fraction of sp³-hybridized carbons (Fsp3) is 0.500. The Kier molecular flexibility index (Phi) is 2.89. The van der Waals surface area contributed by atoms with Crippen molar-refractivity contribution in [1.29, 1.82) is 0 Å². The number of rotatable bonds is 2. The second-order valence-corrected chi connectivity index (χ2v) is 5.03. The number of nitrogens with two attached hydrogens (primary N) is 1. The van der Waals surface area contributed by atoms with Crippen molar-refractivity contribution in [2.75, 3.05) is 12.3 Å². The molecule has 0 radical (unpaired) electrons. The third-order valence-electron chi connectivity index (χ3n) is 3.71. The number of halogens is 1. The minimum atomic E-state index is -2.04. The molecule has 0 aromatic carbocycles. The SMILES string of the molecule is CC1(F)C(c2ccc3c(N)ncnn23)OC(CO)C1O. The predicted octanol–water partition coefficient (Wildman–Crippen LogP) is -0.167. The van der Waals surface area contributed by atoms with Crippen molar-refractivity contribution in [1.82, 2.24) is 14.6 Å². The number of ether oxygens (including phenoxy) is 1. The zero-order valence-electron chi connectivity index (χ0n) is 10.8. The number of nitrogen functional groups attached to an aromatic ring is 1. The number of nitrogens with zero attached hydrogens (tertiary/aromatic N) is 3. The highest BCUT2D eigenvalue weighted by molar-refractivity contribution is 5.65. The molecule has 4 atom stereocenters. The molecular formula is C12H15FN4O3. The van der Waals surface area contributed by atoms with E-state index in [1.165, 1.54) is 17.8 Å². The summed E-state index contributed by atoms with van der Waals surface area (Å²) in [5, 5.41) is 23.0. The molecule has 3 rings (SSSR count). The topological polar surface area (TPSA) is 106 Å². The average Bonchev–Trinajstić information content (AvgIpc) is 2.92. The van der Waals surface area contributed by atoms with Gasteiger partial charge in [-0.1, -0.05) is 0 Å². The molecule has 8 heteroatoms. The van der Waals surface area contributed by atoms with Gasteiger partial charge in [0.15, 0.2) is 11.5 Å². The van der Waals surface area contributed by atoms with Gasteiger partial charge in [-0.3, -0.25) is 0 Å². The number of hydrogen-bond acceptors (Lipinski definition) is 6. The lowest BCUT2D eigenvalue weighted by atomic mass is 9.93. The summed E-state index contributed by atoms with van der Waals surface area (Å²) < 4.78 is 21.6. The smallest absolute Gasteiger partial charge is 0.168 e. The maximum Gasteiger partial charge on any atom is 0.168 e. The van der Waals surface area contributed by atoms with E-state index in [0.717, 1.165) is 0 Å². The van der Waals surface area contributed by atoms with Crippen molar-refractivity contribution in [3.63, 3.8) is 0 Å². The van der Waals surface area contributed by atoms with Crippen molar-refractivity contribution < 1.29 is 19.3 Å². The Bertz CT molecular complexity index is 645. The molecule has 20 heavy (non-hydrogen) atoms. The van der Waals surface area contributed by atoms with Gasteiger partial charge < -0.3 is 20.7 Å². The first-order valence-electron chi connectivity index (χ1n) is 6.18. The second kappa shape index (κ2) is 4.37. The number of anilines is 1. The van der Waals surface area contributed by atoms with Crippen LogP contribution in [0.15, 0.2) is 18.5 Å². The van der Waals surface area contributed by atoms with E-state index in [4.69, 9.17) is 15.6 Å². The normalized spacial score (nSPS) is 33.9. The molecule has 7 nitrogen and oxygen atoms in total. The van der Waals surface area contributed by atoms with E-state index < -0.39 is 30.6 Å². The predicted molar refractivity (Wildman–Crippen MR) is 67.6 cm³/mol. The summed E-state index contributed by atoms with van der Waals surface area (Å²) in [6.07, 6.45) is -2.18. The van der Waals surface area contributed by atoms with E-state index in [9.17, 15) is 9.50 Å². The Morgan fingerprint density at radius 1 is 1.55 bits per heavy atom. The number of fused-ring (bicyclic) bond motifs is 1. The Morgan fingerprint density at radius 2 is 2.30 bits per heavy atom. The molecule has 108 valence electrons. The molecule has 0 spiro atoms. The highest BCUT2D eigenvalue weighted by Crippen LogP contribution is 2.44. The summed E-state index contributed by atoms with van der Waals surface area (Å²) in [6.45, 7) is 0.777. The van der Waals surface area contributed by atoms with Gasteiger partial charge >= 0.3 is 0 Å². The molecule has 1 aliphatic rings. The molecule has 0 bridgehead atoms. The number of aliphatic hydroxyl groups is 2. The minimum absolute atomic E-state index is 0.268. The van der Waals surface area contributed by atoms with Crippen LogP contribution in [0.5, 0.6) is 0 Å². The first-order valence-corrected chi connectivity index (χ1v) is 6.18. The number of alkyl halides is 1. The molecule has 4 unspecified atom stereocenters. The molecule has 1 fully saturated rings. The first-order chi connectivity index (χ1) is 9.46. The van der Waals surface area contributed by atoms with Gasteiger partial charge in [-0.05, 0) is 19.1 Å². The molecule has 2 aromatic rings. The van der Waals surface area contributed by atoms with Gasteiger partial charge in [0, 0.05) is 0 Å². The van der Waals surface area contributed by atoms with Crippen molar-refractivity contribution in [2.24, 2.45) is 0 Å². The molecular weight excluding hydrogens is 267 g/mol. The van der Waals surface area contributed by atoms with Gasteiger partial charge in [-0.15, -0.1) is 0 Å². The van der Waals surface area contributed by atoms with Crippen molar-refractivity contribution in [2.45, 2.75) is 30.9 Å². The second-order valence-electron chi connectivity index (χ2n) is 5.03. The average molecular weight is 282 g/mol. The minimum Gasteiger partial charge on any atom is -0.394 e. The van der Waals surface area contributed by atoms with Crippen molar-refractivity contribution in [3.8, 4) is 0 Å². The van der Waals surface area contributed by atoms with Crippen LogP contribution in [-0.4, -0.2) is 49.3 Å². The van der Waals surface area contributed by atoms with Gasteiger partial charge in [0.25, 0.3) is 0 Å². The Labute approximate surface area is 113 Å². The molecule has 1 saturated heterocycles. The van der Waals surface area contributed by atoms with Crippen LogP contribution in [0.4, 0.5) is 10.2 Å². The van der Waals surface area contributed by atoms with Crippen LogP contribution in [0.2, 0.25) is 0 Å². The molecule has 2 aromatic heterocycles. The van der Waals surface area contributed by atoms with Crippen LogP contribution in [0.25, 0.3) is 5.52 Å². The molecule has 3 heterocycles. The number of aliphatic hydroxyl groups excluding tert-OH is 2. The highest BCUT2D eigenvalue weighted by atomic mass is 19.1. The van der Waals surface area contributed by atoms with Crippen molar-refractivity contribution in [3.05, 3.63) is 24.2 Å². The lowest BCUT2D eigenvalue weighted by Crippen LogP contribution is -2.39. The Morgan fingerprint density at radius 3 is 2.95 bits per heavy atom. The fourth-order valence-electron chi connectivity index (χ4n) is 2.57. The third-order valence-corrected chi connectivity index (χ3v) is 3.71. The van der Waals surface area contributed by atoms with E-state index in [1.807, 2.05) is 0 Å². The summed E-state index contributed by atoms with van der Waals surface area (Å²) in [7, 11) is 0.